The van der Waals surface area contributed by atoms with E-state index in [2.05, 4.69) is 4.74 Å². The van der Waals surface area contributed by atoms with Gasteiger partial charge in [-0.15, -0.1) is 0 Å². The third kappa shape index (κ3) is 2.83. The van der Waals surface area contributed by atoms with E-state index >= 15 is 0 Å². The van der Waals surface area contributed by atoms with Crippen molar-refractivity contribution in [1.82, 2.24) is 0 Å². The molecule has 0 amide bonds. The zero-order valence-electron chi connectivity index (χ0n) is 10.6. The number of carbonyl (C=O) groups excluding carboxylic acids is 1. The van der Waals surface area contributed by atoms with Crippen molar-refractivity contribution >= 4 is 5.97 Å². The highest BCUT2D eigenvalue weighted by Crippen LogP contribution is 2.26. The lowest BCUT2D eigenvalue weighted by Crippen LogP contribution is -2.15. The molecule has 2 aromatic rings. The Morgan fingerprint density at radius 2 is 1.70 bits per heavy atom. The lowest BCUT2D eigenvalue weighted by molar-refractivity contribution is -0.150. The van der Waals surface area contributed by atoms with Gasteiger partial charge in [0.15, 0.2) is 6.10 Å². The summed E-state index contributed by atoms with van der Waals surface area (Å²) in [5, 5.41) is 9.71. The third-order valence-corrected chi connectivity index (χ3v) is 2.89. The molecule has 0 saturated heterocycles. The molecule has 0 aliphatic heterocycles. The Bertz CT molecular complexity index is 624. The summed E-state index contributed by atoms with van der Waals surface area (Å²) >= 11 is 0. The average molecular weight is 278 g/mol. The number of carbonyl (C=O) groups is 1. The van der Waals surface area contributed by atoms with Gasteiger partial charge in [-0.05, 0) is 35.4 Å². The summed E-state index contributed by atoms with van der Waals surface area (Å²) in [5.41, 5.74) is 1.02. The molecule has 1 unspecified atom stereocenters. The Morgan fingerprint density at radius 3 is 2.30 bits per heavy atom. The number of aliphatic hydroxyl groups is 1. The first kappa shape index (κ1) is 14.1. The molecule has 0 spiro atoms. The molecule has 2 rings (SSSR count). The van der Waals surface area contributed by atoms with Crippen molar-refractivity contribution in [2.45, 2.75) is 6.10 Å². The molecule has 5 heteroatoms. The van der Waals surface area contributed by atoms with Crippen molar-refractivity contribution in [1.29, 1.82) is 0 Å². The van der Waals surface area contributed by atoms with Crippen LogP contribution in [0.1, 0.15) is 11.7 Å². The monoisotopic (exact) mass is 278 g/mol. The minimum absolute atomic E-state index is 0.182. The van der Waals surface area contributed by atoms with Crippen LogP contribution >= 0.6 is 0 Å². The first-order valence-electron chi connectivity index (χ1n) is 5.84. The maximum Gasteiger partial charge on any atom is 0.339 e. The highest BCUT2D eigenvalue weighted by Gasteiger charge is 2.22. The van der Waals surface area contributed by atoms with E-state index < -0.39 is 17.9 Å². The summed E-state index contributed by atoms with van der Waals surface area (Å²) in [6.07, 6.45) is -1.69. The van der Waals surface area contributed by atoms with Crippen LogP contribution in [-0.4, -0.2) is 18.2 Å². The van der Waals surface area contributed by atoms with Crippen LogP contribution in [0.3, 0.4) is 0 Å². The predicted octanol–water partition coefficient (Wildman–Crippen LogP) is 2.84. The molecule has 0 bridgehead atoms. The van der Waals surface area contributed by atoms with Crippen molar-refractivity contribution in [3.63, 3.8) is 0 Å². The van der Waals surface area contributed by atoms with E-state index in [4.69, 9.17) is 0 Å². The summed E-state index contributed by atoms with van der Waals surface area (Å²) in [6, 6.07) is 9.55. The summed E-state index contributed by atoms with van der Waals surface area (Å²) in [7, 11) is 1.10. The molecule has 0 saturated carbocycles. The van der Waals surface area contributed by atoms with Gasteiger partial charge in [0.2, 0.25) is 0 Å². The van der Waals surface area contributed by atoms with Crippen LogP contribution in [0, 0.1) is 11.6 Å². The zero-order chi connectivity index (χ0) is 14.7. The van der Waals surface area contributed by atoms with Crippen LogP contribution < -0.4 is 0 Å². The molecule has 104 valence electrons. The SMILES string of the molecule is COC(=O)C(O)c1cc(-c2ccc(F)cc2)ccc1F. The van der Waals surface area contributed by atoms with Gasteiger partial charge in [-0.2, -0.15) is 0 Å². The van der Waals surface area contributed by atoms with E-state index in [1.807, 2.05) is 0 Å². The fourth-order valence-corrected chi connectivity index (χ4v) is 1.81. The van der Waals surface area contributed by atoms with Crippen LogP contribution in [0.5, 0.6) is 0 Å². The lowest BCUT2D eigenvalue weighted by atomic mass is 10.00. The Kier molecular flexibility index (Phi) is 4.10. The smallest absolute Gasteiger partial charge is 0.339 e. The van der Waals surface area contributed by atoms with E-state index in [1.54, 1.807) is 0 Å². The quantitative estimate of drug-likeness (QED) is 0.878. The first-order chi connectivity index (χ1) is 9.52. The number of benzene rings is 2. The topological polar surface area (TPSA) is 46.5 Å². The van der Waals surface area contributed by atoms with Crippen molar-refractivity contribution in [2.75, 3.05) is 7.11 Å². The highest BCUT2D eigenvalue weighted by atomic mass is 19.1. The number of esters is 1. The molecule has 0 radical (unpaired) electrons. The molecule has 3 nitrogen and oxygen atoms in total. The molecule has 20 heavy (non-hydrogen) atoms. The van der Waals surface area contributed by atoms with Gasteiger partial charge in [0.25, 0.3) is 0 Å². The van der Waals surface area contributed by atoms with Crippen molar-refractivity contribution in [3.8, 4) is 11.1 Å². The van der Waals surface area contributed by atoms with Gasteiger partial charge in [0.05, 0.1) is 7.11 Å². The number of halogens is 2. The molecule has 1 N–H and O–H groups in total. The Hall–Kier alpha value is -2.27. The van der Waals surface area contributed by atoms with E-state index in [0.29, 0.717) is 11.1 Å². The highest BCUT2D eigenvalue weighted by molar-refractivity contribution is 5.77. The standard InChI is InChI=1S/C15H12F2O3/c1-20-15(19)14(18)12-8-10(4-7-13(12)17)9-2-5-11(16)6-3-9/h2-8,14,18H,1H3. The van der Waals surface area contributed by atoms with Gasteiger partial charge in [-0.1, -0.05) is 18.2 Å². The van der Waals surface area contributed by atoms with Crippen molar-refractivity contribution in [2.24, 2.45) is 0 Å². The summed E-state index contributed by atoms with van der Waals surface area (Å²) in [5.74, 6) is -2.04. The lowest BCUT2D eigenvalue weighted by Gasteiger charge is -2.11. The minimum atomic E-state index is -1.69. The number of rotatable bonds is 3. The maximum absolute atomic E-state index is 13.7. The fraction of sp³-hybridized carbons (Fsp3) is 0.133. The number of aliphatic hydroxyl groups excluding tert-OH is 1. The van der Waals surface area contributed by atoms with E-state index in [1.165, 1.54) is 36.4 Å². The number of methoxy groups -OCH3 is 1. The van der Waals surface area contributed by atoms with Gasteiger partial charge in [-0.25, -0.2) is 13.6 Å². The van der Waals surface area contributed by atoms with E-state index in [-0.39, 0.29) is 11.4 Å². The van der Waals surface area contributed by atoms with Crippen LogP contribution in [0.4, 0.5) is 8.78 Å². The van der Waals surface area contributed by atoms with Gasteiger partial charge >= 0.3 is 5.97 Å². The van der Waals surface area contributed by atoms with Crippen LogP contribution in [-0.2, 0) is 9.53 Å². The third-order valence-electron chi connectivity index (χ3n) is 2.89. The van der Waals surface area contributed by atoms with Gasteiger partial charge < -0.3 is 9.84 Å². The van der Waals surface area contributed by atoms with E-state index in [9.17, 15) is 18.7 Å². The second-order valence-electron chi connectivity index (χ2n) is 4.17. The van der Waals surface area contributed by atoms with Crippen LogP contribution in [0.2, 0.25) is 0 Å². The van der Waals surface area contributed by atoms with Crippen molar-refractivity contribution in [3.05, 3.63) is 59.7 Å². The van der Waals surface area contributed by atoms with Gasteiger partial charge in [0.1, 0.15) is 11.6 Å². The molecule has 1 atom stereocenters. The largest absolute Gasteiger partial charge is 0.467 e. The molecule has 2 aromatic carbocycles. The Morgan fingerprint density at radius 1 is 1.10 bits per heavy atom. The predicted molar refractivity (Wildman–Crippen MR) is 68.8 cm³/mol. The number of hydrogen-bond acceptors (Lipinski definition) is 3. The number of ether oxygens (including phenoxy) is 1. The molecular formula is C15H12F2O3. The molecular weight excluding hydrogens is 266 g/mol. The number of hydrogen-bond donors (Lipinski definition) is 1. The summed E-state index contributed by atoms with van der Waals surface area (Å²) in [4.78, 5) is 11.3. The van der Waals surface area contributed by atoms with E-state index in [0.717, 1.165) is 13.2 Å². The Balaban J connectivity index is 2.43. The summed E-state index contributed by atoms with van der Waals surface area (Å²) in [6.45, 7) is 0. The molecule has 0 fully saturated rings. The minimum Gasteiger partial charge on any atom is -0.467 e. The fourth-order valence-electron chi connectivity index (χ4n) is 1.81. The van der Waals surface area contributed by atoms with Crippen LogP contribution in [0.25, 0.3) is 11.1 Å². The second kappa shape index (κ2) is 5.79. The normalized spacial score (nSPS) is 12.0. The van der Waals surface area contributed by atoms with Gasteiger partial charge in [-0.3, -0.25) is 0 Å². The molecule has 0 heterocycles. The van der Waals surface area contributed by atoms with Crippen LogP contribution in [0.15, 0.2) is 42.5 Å². The second-order valence-corrected chi connectivity index (χ2v) is 4.17. The molecule has 0 aliphatic carbocycles. The maximum atomic E-state index is 13.7. The zero-order valence-corrected chi connectivity index (χ0v) is 10.6. The van der Waals surface area contributed by atoms with Gasteiger partial charge in [0, 0.05) is 5.56 Å². The average Bonchev–Trinajstić information content (AvgIpc) is 2.47. The summed E-state index contributed by atoms with van der Waals surface area (Å²) < 4.78 is 30.9. The van der Waals surface area contributed by atoms with Crippen molar-refractivity contribution < 1.29 is 23.4 Å². The first-order valence-corrected chi connectivity index (χ1v) is 5.84. The molecule has 0 aromatic heterocycles. The molecule has 0 aliphatic rings. The Labute approximate surface area is 114 Å².